The number of hydrogen-bond donors (Lipinski definition) is 1. The molecule has 5 heteroatoms. The second kappa shape index (κ2) is 8.36. The van der Waals surface area contributed by atoms with Crippen molar-refractivity contribution in [1.29, 1.82) is 0 Å². The van der Waals surface area contributed by atoms with E-state index < -0.39 is 18.0 Å². The van der Waals surface area contributed by atoms with Crippen LogP contribution in [0.5, 0.6) is 5.75 Å². The summed E-state index contributed by atoms with van der Waals surface area (Å²) in [4.78, 5) is 24.2. The van der Waals surface area contributed by atoms with Crippen molar-refractivity contribution < 1.29 is 19.1 Å². The van der Waals surface area contributed by atoms with Crippen LogP contribution < -0.4 is 10.1 Å². The Labute approximate surface area is 157 Å². The maximum Gasteiger partial charge on any atom is 0.344 e. The summed E-state index contributed by atoms with van der Waals surface area (Å²) in [5.41, 5.74) is 1.57. The number of anilines is 1. The molecule has 3 rings (SSSR count). The quantitative estimate of drug-likeness (QED) is 0.670. The second-order valence-electron chi connectivity index (χ2n) is 6.24. The number of esters is 1. The molecule has 1 N–H and O–H groups in total. The minimum absolute atomic E-state index is 0.252. The van der Waals surface area contributed by atoms with E-state index in [-0.39, 0.29) is 6.61 Å². The highest BCUT2D eigenvalue weighted by Crippen LogP contribution is 2.19. The number of benzene rings is 3. The predicted molar refractivity (Wildman–Crippen MR) is 105 cm³/mol. The van der Waals surface area contributed by atoms with Crippen LogP contribution in [0.1, 0.15) is 12.5 Å². The molecule has 0 radical (unpaired) electrons. The van der Waals surface area contributed by atoms with Crippen LogP contribution in [0.4, 0.5) is 5.69 Å². The van der Waals surface area contributed by atoms with Gasteiger partial charge >= 0.3 is 5.97 Å². The number of rotatable bonds is 6. The first kappa shape index (κ1) is 18.5. The molecule has 0 spiro atoms. The SMILES string of the molecule is Cc1ccccc1OCC(=O)O[C@H](C)C(=O)Nc1ccc2ccccc2c1. The summed E-state index contributed by atoms with van der Waals surface area (Å²) < 4.78 is 10.6. The van der Waals surface area contributed by atoms with E-state index in [4.69, 9.17) is 9.47 Å². The lowest BCUT2D eigenvalue weighted by Gasteiger charge is -2.14. The zero-order valence-corrected chi connectivity index (χ0v) is 15.3. The maximum absolute atomic E-state index is 12.3. The van der Waals surface area contributed by atoms with Crippen LogP contribution in [0.25, 0.3) is 10.8 Å². The lowest BCUT2D eigenvalue weighted by molar-refractivity contribution is -0.155. The number of fused-ring (bicyclic) bond motifs is 1. The summed E-state index contributed by atoms with van der Waals surface area (Å²) in [7, 11) is 0. The third-order valence-electron chi connectivity index (χ3n) is 4.13. The van der Waals surface area contributed by atoms with Crippen LogP contribution in [-0.2, 0) is 14.3 Å². The Kier molecular flexibility index (Phi) is 5.71. The van der Waals surface area contributed by atoms with Gasteiger partial charge in [-0.3, -0.25) is 4.79 Å². The summed E-state index contributed by atoms with van der Waals surface area (Å²) in [6, 6.07) is 20.9. The fraction of sp³-hybridized carbons (Fsp3) is 0.182. The van der Waals surface area contributed by atoms with Crippen molar-refractivity contribution in [3.63, 3.8) is 0 Å². The Morgan fingerprint density at radius 3 is 2.44 bits per heavy atom. The topological polar surface area (TPSA) is 64.6 Å². The van der Waals surface area contributed by atoms with E-state index in [1.165, 1.54) is 6.92 Å². The van der Waals surface area contributed by atoms with Gasteiger partial charge in [-0.25, -0.2) is 4.79 Å². The van der Waals surface area contributed by atoms with Crippen LogP contribution in [-0.4, -0.2) is 24.6 Å². The van der Waals surface area contributed by atoms with Crippen molar-refractivity contribution in [1.82, 2.24) is 0 Å². The molecule has 0 saturated heterocycles. The van der Waals surface area contributed by atoms with Gasteiger partial charge in [0.1, 0.15) is 5.75 Å². The largest absolute Gasteiger partial charge is 0.482 e. The number of ether oxygens (including phenoxy) is 2. The molecule has 0 aromatic heterocycles. The standard InChI is InChI=1S/C22H21NO4/c1-15-7-3-6-10-20(15)26-14-21(24)27-16(2)22(25)23-19-12-11-17-8-4-5-9-18(17)13-19/h3-13,16H,14H2,1-2H3,(H,23,25)/t16-/m1/s1. The molecule has 3 aromatic rings. The van der Waals surface area contributed by atoms with Gasteiger partial charge in [0, 0.05) is 5.69 Å². The van der Waals surface area contributed by atoms with Crippen molar-refractivity contribution >= 4 is 28.3 Å². The molecule has 0 aliphatic heterocycles. The van der Waals surface area contributed by atoms with Crippen molar-refractivity contribution in [3.8, 4) is 5.75 Å². The molecule has 0 aliphatic rings. The van der Waals surface area contributed by atoms with E-state index in [2.05, 4.69) is 5.32 Å². The maximum atomic E-state index is 12.3. The number of aryl methyl sites for hydroxylation is 1. The molecule has 0 saturated carbocycles. The fourth-order valence-electron chi connectivity index (χ4n) is 2.65. The minimum atomic E-state index is -0.926. The van der Waals surface area contributed by atoms with E-state index in [0.29, 0.717) is 11.4 Å². The molecular formula is C22H21NO4. The van der Waals surface area contributed by atoms with Gasteiger partial charge in [0.25, 0.3) is 5.91 Å². The Hall–Kier alpha value is -3.34. The molecule has 0 aliphatic carbocycles. The number of carbonyl (C=O) groups excluding carboxylic acids is 2. The molecular weight excluding hydrogens is 342 g/mol. The lowest BCUT2D eigenvalue weighted by atomic mass is 10.1. The first-order chi connectivity index (χ1) is 13.0. The molecule has 0 bridgehead atoms. The Morgan fingerprint density at radius 2 is 1.67 bits per heavy atom. The lowest BCUT2D eigenvalue weighted by Crippen LogP contribution is -2.31. The number of para-hydroxylation sites is 1. The third kappa shape index (κ3) is 4.85. The molecule has 138 valence electrons. The van der Waals surface area contributed by atoms with E-state index >= 15 is 0 Å². The highest BCUT2D eigenvalue weighted by molar-refractivity contribution is 5.97. The smallest absolute Gasteiger partial charge is 0.344 e. The average Bonchev–Trinajstić information content (AvgIpc) is 2.67. The average molecular weight is 363 g/mol. The van der Waals surface area contributed by atoms with Gasteiger partial charge in [-0.2, -0.15) is 0 Å². The summed E-state index contributed by atoms with van der Waals surface area (Å²) in [6.07, 6.45) is -0.926. The number of nitrogens with one attached hydrogen (secondary N) is 1. The highest BCUT2D eigenvalue weighted by atomic mass is 16.6. The van der Waals surface area contributed by atoms with Crippen molar-refractivity contribution in [3.05, 3.63) is 72.3 Å². The first-order valence-corrected chi connectivity index (χ1v) is 8.70. The molecule has 5 nitrogen and oxygen atoms in total. The second-order valence-corrected chi connectivity index (χ2v) is 6.24. The van der Waals surface area contributed by atoms with Crippen LogP contribution in [0.2, 0.25) is 0 Å². The Morgan fingerprint density at radius 1 is 0.963 bits per heavy atom. The van der Waals surface area contributed by atoms with Gasteiger partial charge in [0.15, 0.2) is 12.7 Å². The summed E-state index contributed by atoms with van der Waals surface area (Å²) >= 11 is 0. The summed E-state index contributed by atoms with van der Waals surface area (Å²) in [6.45, 7) is 3.17. The highest BCUT2D eigenvalue weighted by Gasteiger charge is 2.18. The van der Waals surface area contributed by atoms with Gasteiger partial charge in [-0.05, 0) is 48.4 Å². The van der Waals surface area contributed by atoms with Gasteiger partial charge in [-0.1, -0.05) is 48.5 Å². The van der Waals surface area contributed by atoms with Crippen LogP contribution >= 0.6 is 0 Å². The molecule has 0 unspecified atom stereocenters. The first-order valence-electron chi connectivity index (χ1n) is 8.70. The monoisotopic (exact) mass is 363 g/mol. The normalized spacial score (nSPS) is 11.6. The zero-order chi connectivity index (χ0) is 19.2. The minimum Gasteiger partial charge on any atom is -0.482 e. The molecule has 0 heterocycles. The number of hydrogen-bond acceptors (Lipinski definition) is 4. The molecule has 27 heavy (non-hydrogen) atoms. The van der Waals surface area contributed by atoms with Gasteiger partial charge in [0.2, 0.25) is 0 Å². The molecule has 0 fully saturated rings. The van der Waals surface area contributed by atoms with Crippen molar-refractivity contribution in [2.45, 2.75) is 20.0 Å². The molecule has 1 atom stereocenters. The van der Waals surface area contributed by atoms with Crippen LogP contribution in [0.3, 0.4) is 0 Å². The van der Waals surface area contributed by atoms with E-state index in [0.717, 1.165) is 16.3 Å². The van der Waals surface area contributed by atoms with E-state index in [9.17, 15) is 9.59 Å². The summed E-state index contributed by atoms with van der Waals surface area (Å²) in [5, 5.41) is 4.87. The van der Waals surface area contributed by atoms with Crippen LogP contribution in [0, 0.1) is 6.92 Å². The third-order valence-corrected chi connectivity index (χ3v) is 4.13. The zero-order valence-electron chi connectivity index (χ0n) is 15.3. The fourth-order valence-corrected chi connectivity index (χ4v) is 2.65. The van der Waals surface area contributed by atoms with Gasteiger partial charge < -0.3 is 14.8 Å². The Balaban J connectivity index is 1.53. The van der Waals surface area contributed by atoms with Crippen LogP contribution in [0.15, 0.2) is 66.7 Å². The van der Waals surface area contributed by atoms with Gasteiger partial charge in [-0.15, -0.1) is 0 Å². The predicted octanol–water partition coefficient (Wildman–Crippen LogP) is 4.10. The molecule has 1 amide bonds. The number of carbonyl (C=O) groups is 2. The van der Waals surface area contributed by atoms with Crippen molar-refractivity contribution in [2.75, 3.05) is 11.9 Å². The molecule has 3 aromatic carbocycles. The summed E-state index contributed by atoms with van der Waals surface area (Å²) in [5.74, 6) is -0.378. The number of amides is 1. The van der Waals surface area contributed by atoms with Crippen molar-refractivity contribution in [2.24, 2.45) is 0 Å². The van der Waals surface area contributed by atoms with Gasteiger partial charge in [0.05, 0.1) is 0 Å². The van der Waals surface area contributed by atoms with E-state index in [1.54, 1.807) is 6.07 Å². The Bertz CT molecular complexity index is 967. The van der Waals surface area contributed by atoms with E-state index in [1.807, 2.05) is 67.6 Å².